The fourth-order valence-corrected chi connectivity index (χ4v) is 2.87. The molecule has 0 spiro atoms. The first kappa shape index (κ1) is 14.0. The summed E-state index contributed by atoms with van der Waals surface area (Å²) in [5, 5.41) is 7.67. The number of carbonyl (C=O) groups excluding carboxylic acids is 1. The van der Waals surface area contributed by atoms with E-state index >= 15 is 0 Å². The number of nitrogens with zero attached hydrogens (tertiary/aromatic N) is 1. The van der Waals surface area contributed by atoms with Crippen molar-refractivity contribution in [3.05, 3.63) is 29.8 Å². The summed E-state index contributed by atoms with van der Waals surface area (Å²) in [5.41, 5.74) is 1.27. The van der Waals surface area contributed by atoms with Gasteiger partial charge in [0.1, 0.15) is 5.25 Å². The molecular weight excluding hydrogens is 273 g/mol. The molecule has 0 aromatic heterocycles. The van der Waals surface area contributed by atoms with Crippen LogP contribution in [0.5, 0.6) is 0 Å². The van der Waals surface area contributed by atoms with E-state index in [1.807, 2.05) is 0 Å². The molecule has 0 aliphatic carbocycles. The molecule has 1 fully saturated rings. The van der Waals surface area contributed by atoms with Crippen molar-refractivity contribution < 1.29 is 22.2 Å². The third-order valence-corrected chi connectivity index (χ3v) is 4.26. The monoisotopic (exact) mass is 287 g/mol. The Hall–Kier alpha value is -1.47. The Kier molecular flexibility index (Phi) is 3.86. The zero-order valence-electron chi connectivity index (χ0n) is 10.1. The maximum Gasteiger partial charge on any atom is 0.307 e. The van der Waals surface area contributed by atoms with Crippen LogP contribution < -0.4 is 4.90 Å². The Labute approximate surface area is 110 Å². The van der Waals surface area contributed by atoms with Gasteiger partial charge in [-0.25, -0.2) is 0 Å². The van der Waals surface area contributed by atoms with Crippen LogP contribution in [0.25, 0.3) is 0 Å². The van der Waals surface area contributed by atoms with Crippen LogP contribution in [0.2, 0.25) is 0 Å². The quantitative estimate of drug-likeness (QED) is 0.824. The van der Waals surface area contributed by atoms with Crippen molar-refractivity contribution in [1.82, 2.24) is 0 Å². The van der Waals surface area contributed by atoms with Gasteiger partial charge < -0.3 is 10.0 Å². The number of carbonyl (C=O) groups is 1. The van der Waals surface area contributed by atoms with Crippen molar-refractivity contribution in [3.63, 3.8) is 0 Å². The molecular formula is C12H14FNO4S. The highest BCUT2D eigenvalue weighted by molar-refractivity contribution is 7.87. The molecule has 1 aromatic rings. The van der Waals surface area contributed by atoms with E-state index in [0.717, 1.165) is 5.56 Å². The standard InChI is InChI=1S/C12H14FNO4S/c13-19(17,18)10-7-12(16)14(8-10)11-4-2-1-3-9(11)5-6-15/h1-4,10,15H,5-8H2. The molecule has 5 nitrogen and oxygen atoms in total. The van der Waals surface area contributed by atoms with E-state index in [2.05, 4.69) is 0 Å². The lowest BCUT2D eigenvalue weighted by molar-refractivity contribution is -0.117. The van der Waals surface area contributed by atoms with Crippen LogP contribution >= 0.6 is 0 Å². The van der Waals surface area contributed by atoms with Gasteiger partial charge in [0, 0.05) is 25.3 Å². The number of aliphatic hydroxyl groups is 1. The summed E-state index contributed by atoms with van der Waals surface area (Å²) < 4.78 is 34.7. The summed E-state index contributed by atoms with van der Waals surface area (Å²) in [4.78, 5) is 13.1. The van der Waals surface area contributed by atoms with Crippen molar-refractivity contribution >= 4 is 21.8 Å². The maximum absolute atomic E-state index is 13.0. The molecule has 1 atom stereocenters. The Balaban J connectivity index is 2.31. The number of amides is 1. The minimum absolute atomic E-state index is 0.0795. The van der Waals surface area contributed by atoms with E-state index in [1.54, 1.807) is 24.3 Å². The summed E-state index contributed by atoms with van der Waals surface area (Å²) in [6.07, 6.45) is 0.0132. The second-order valence-electron chi connectivity index (χ2n) is 4.41. The smallest absolute Gasteiger partial charge is 0.307 e. The first-order chi connectivity index (χ1) is 8.93. The summed E-state index contributed by atoms with van der Waals surface area (Å²) in [6, 6.07) is 6.88. The topological polar surface area (TPSA) is 74.7 Å². The highest BCUT2D eigenvalue weighted by Gasteiger charge is 2.39. The Morgan fingerprint density at radius 3 is 2.63 bits per heavy atom. The largest absolute Gasteiger partial charge is 0.396 e. The summed E-state index contributed by atoms with van der Waals surface area (Å²) >= 11 is 0. The Morgan fingerprint density at radius 2 is 2.05 bits per heavy atom. The molecule has 1 unspecified atom stereocenters. The molecule has 1 aliphatic heterocycles. The lowest BCUT2D eigenvalue weighted by atomic mass is 10.1. The predicted molar refractivity (Wildman–Crippen MR) is 68.0 cm³/mol. The Bertz CT molecular complexity index is 587. The number of rotatable bonds is 4. The number of benzene rings is 1. The minimum atomic E-state index is -4.71. The van der Waals surface area contributed by atoms with Gasteiger partial charge in [-0.2, -0.15) is 8.42 Å². The molecule has 19 heavy (non-hydrogen) atoms. The third kappa shape index (κ3) is 2.93. The fraction of sp³-hybridized carbons (Fsp3) is 0.417. The van der Waals surface area contributed by atoms with Crippen LogP contribution in [0, 0.1) is 0 Å². The van der Waals surface area contributed by atoms with E-state index < -0.39 is 21.4 Å². The van der Waals surface area contributed by atoms with Gasteiger partial charge in [-0.3, -0.25) is 4.79 Å². The van der Waals surface area contributed by atoms with E-state index in [0.29, 0.717) is 12.1 Å². The van der Waals surface area contributed by atoms with E-state index in [4.69, 9.17) is 5.11 Å². The molecule has 1 heterocycles. The van der Waals surface area contributed by atoms with Crippen LogP contribution in [-0.4, -0.2) is 37.8 Å². The van der Waals surface area contributed by atoms with Crippen molar-refractivity contribution in [1.29, 1.82) is 0 Å². The van der Waals surface area contributed by atoms with Gasteiger partial charge in [0.2, 0.25) is 5.91 Å². The number of halogens is 1. The van der Waals surface area contributed by atoms with E-state index in [9.17, 15) is 17.1 Å². The van der Waals surface area contributed by atoms with Gasteiger partial charge in [0.05, 0.1) is 0 Å². The Morgan fingerprint density at radius 1 is 1.37 bits per heavy atom. The maximum atomic E-state index is 13.0. The van der Waals surface area contributed by atoms with Gasteiger partial charge in [0.25, 0.3) is 0 Å². The molecule has 7 heteroatoms. The highest BCUT2D eigenvalue weighted by atomic mass is 32.3. The number of hydrogen-bond acceptors (Lipinski definition) is 4. The van der Waals surface area contributed by atoms with Crippen LogP contribution in [0.1, 0.15) is 12.0 Å². The zero-order valence-corrected chi connectivity index (χ0v) is 10.9. The number of hydrogen-bond donors (Lipinski definition) is 1. The van der Waals surface area contributed by atoms with E-state index in [-0.39, 0.29) is 19.6 Å². The van der Waals surface area contributed by atoms with Gasteiger partial charge in [-0.05, 0) is 18.1 Å². The summed E-state index contributed by atoms with van der Waals surface area (Å²) in [5.74, 6) is -0.420. The molecule has 1 amide bonds. The van der Waals surface area contributed by atoms with Gasteiger partial charge in [-0.15, -0.1) is 3.89 Å². The predicted octanol–water partition coefficient (Wildman–Crippen LogP) is 0.626. The number of para-hydroxylation sites is 1. The summed E-state index contributed by atoms with van der Waals surface area (Å²) in [6.45, 7) is -0.260. The third-order valence-electron chi connectivity index (χ3n) is 3.15. The molecule has 1 saturated heterocycles. The average Bonchev–Trinajstić information content (AvgIpc) is 2.72. The SMILES string of the molecule is O=C1CC(S(=O)(=O)F)CN1c1ccccc1CCO. The number of aliphatic hydroxyl groups excluding tert-OH is 1. The molecule has 0 radical (unpaired) electrons. The molecule has 1 N–H and O–H groups in total. The summed E-state index contributed by atoms with van der Waals surface area (Å²) in [7, 11) is -4.71. The highest BCUT2D eigenvalue weighted by Crippen LogP contribution is 2.28. The molecule has 104 valence electrons. The van der Waals surface area contributed by atoms with E-state index in [1.165, 1.54) is 4.90 Å². The fourth-order valence-electron chi connectivity index (χ4n) is 2.20. The van der Waals surface area contributed by atoms with Gasteiger partial charge in [0.15, 0.2) is 0 Å². The van der Waals surface area contributed by atoms with Gasteiger partial charge >= 0.3 is 10.2 Å². The molecule has 1 aromatic carbocycles. The normalized spacial score (nSPS) is 20.0. The van der Waals surface area contributed by atoms with Crippen LogP contribution in [-0.2, 0) is 21.4 Å². The van der Waals surface area contributed by atoms with Crippen LogP contribution in [0.3, 0.4) is 0 Å². The van der Waals surface area contributed by atoms with Crippen molar-refractivity contribution in [2.45, 2.75) is 18.1 Å². The minimum Gasteiger partial charge on any atom is -0.396 e. The lowest BCUT2D eigenvalue weighted by Gasteiger charge is -2.19. The van der Waals surface area contributed by atoms with Crippen molar-refractivity contribution in [2.24, 2.45) is 0 Å². The molecule has 0 bridgehead atoms. The van der Waals surface area contributed by atoms with Crippen molar-refractivity contribution in [3.8, 4) is 0 Å². The lowest BCUT2D eigenvalue weighted by Crippen LogP contribution is -2.28. The van der Waals surface area contributed by atoms with Crippen LogP contribution in [0.15, 0.2) is 24.3 Å². The number of anilines is 1. The molecule has 1 aliphatic rings. The van der Waals surface area contributed by atoms with Gasteiger partial charge in [-0.1, -0.05) is 18.2 Å². The van der Waals surface area contributed by atoms with Crippen LogP contribution in [0.4, 0.5) is 9.57 Å². The first-order valence-corrected chi connectivity index (χ1v) is 7.30. The second-order valence-corrected chi connectivity index (χ2v) is 6.03. The van der Waals surface area contributed by atoms with Crippen molar-refractivity contribution in [2.75, 3.05) is 18.1 Å². The molecule has 2 rings (SSSR count). The first-order valence-electron chi connectivity index (χ1n) is 5.86. The molecule has 0 saturated carbocycles. The second kappa shape index (κ2) is 5.26. The zero-order chi connectivity index (χ0) is 14.0. The average molecular weight is 287 g/mol.